The van der Waals surface area contributed by atoms with Crippen molar-refractivity contribution in [3.05, 3.63) is 29.8 Å². The first-order valence-electron chi connectivity index (χ1n) is 7.39. The van der Waals surface area contributed by atoms with Gasteiger partial charge < -0.3 is 5.32 Å². The molecule has 2 saturated carbocycles. The lowest BCUT2D eigenvalue weighted by molar-refractivity contribution is -0.137. The lowest BCUT2D eigenvalue weighted by atomic mass is 9.86. The van der Waals surface area contributed by atoms with Gasteiger partial charge in [-0.25, -0.2) is 0 Å². The van der Waals surface area contributed by atoms with Crippen molar-refractivity contribution in [2.45, 2.75) is 38.3 Å². The van der Waals surface area contributed by atoms with Crippen molar-refractivity contribution >= 4 is 11.6 Å². The van der Waals surface area contributed by atoms with E-state index in [-0.39, 0.29) is 11.6 Å². The summed E-state index contributed by atoms with van der Waals surface area (Å²) in [6.07, 6.45) is 0.841. The van der Waals surface area contributed by atoms with E-state index in [4.69, 9.17) is 0 Å². The van der Waals surface area contributed by atoms with E-state index in [0.29, 0.717) is 18.3 Å². The van der Waals surface area contributed by atoms with Gasteiger partial charge in [0.25, 0.3) is 0 Å². The van der Waals surface area contributed by atoms with Crippen LogP contribution < -0.4 is 5.32 Å². The number of carbonyl (C=O) groups is 1. The van der Waals surface area contributed by atoms with Gasteiger partial charge in [0.05, 0.1) is 5.56 Å². The molecule has 0 unspecified atom stereocenters. The van der Waals surface area contributed by atoms with Crippen molar-refractivity contribution in [3.63, 3.8) is 0 Å². The molecule has 2 aliphatic carbocycles. The number of benzene rings is 1. The van der Waals surface area contributed by atoms with Gasteiger partial charge >= 0.3 is 6.18 Å². The molecule has 3 rings (SSSR count). The van der Waals surface area contributed by atoms with Crippen LogP contribution in [0.2, 0.25) is 0 Å². The summed E-state index contributed by atoms with van der Waals surface area (Å²) in [6, 6.07) is 4.80. The smallest absolute Gasteiger partial charge is 0.326 e. The summed E-state index contributed by atoms with van der Waals surface area (Å²) in [5.41, 5.74) is -0.516. The second-order valence-corrected chi connectivity index (χ2v) is 6.27. The molecule has 3 atom stereocenters. The first-order chi connectivity index (χ1) is 9.91. The number of carbonyl (C=O) groups excluding carboxylic acids is 1. The SMILES string of the molecule is O=C(C[C@H]1C[C@@H]2CC[C@@H]1C2)Nc1cccc(C(F)(F)F)c1. The van der Waals surface area contributed by atoms with Gasteiger partial charge in [0, 0.05) is 12.1 Å². The van der Waals surface area contributed by atoms with Gasteiger partial charge in [0.1, 0.15) is 0 Å². The molecule has 1 aromatic carbocycles. The number of rotatable bonds is 3. The zero-order valence-corrected chi connectivity index (χ0v) is 11.6. The molecule has 1 aromatic rings. The first kappa shape index (κ1) is 14.4. The Morgan fingerprint density at radius 2 is 2.05 bits per heavy atom. The highest BCUT2D eigenvalue weighted by molar-refractivity contribution is 5.91. The minimum absolute atomic E-state index is 0.174. The molecule has 2 bridgehead atoms. The molecule has 0 heterocycles. The quantitative estimate of drug-likeness (QED) is 0.876. The van der Waals surface area contributed by atoms with Crippen LogP contribution in [0.5, 0.6) is 0 Å². The molecule has 5 heteroatoms. The molecular formula is C16H18F3NO. The lowest BCUT2D eigenvalue weighted by Crippen LogP contribution is -2.20. The highest BCUT2D eigenvalue weighted by atomic mass is 19.4. The summed E-state index contributed by atoms with van der Waals surface area (Å²) < 4.78 is 37.9. The van der Waals surface area contributed by atoms with Crippen LogP contribution in [0.25, 0.3) is 0 Å². The van der Waals surface area contributed by atoms with Gasteiger partial charge in [0.15, 0.2) is 0 Å². The third-order valence-corrected chi connectivity index (χ3v) is 4.81. The van der Waals surface area contributed by atoms with Crippen LogP contribution in [0.1, 0.15) is 37.7 Å². The lowest BCUT2D eigenvalue weighted by Gasteiger charge is -2.21. The summed E-state index contributed by atoms with van der Waals surface area (Å²) in [7, 11) is 0. The Morgan fingerprint density at radius 3 is 2.67 bits per heavy atom. The highest BCUT2D eigenvalue weighted by Crippen LogP contribution is 2.49. The predicted octanol–water partition coefficient (Wildman–Crippen LogP) is 4.47. The number of hydrogen-bond donors (Lipinski definition) is 1. The van der Waals surface area contributed by atoms with E-state index in [1.54, 1.807) is 0 Å². The van der Waals surface area contributed by atoms with Gasteiger partial charge in [0.2, 0.25) is 5.91 Å². The molecule has 2 aliphatic rings. The number of hydrogen-bond acceptors (Lipinski definition) is 1. The Labute approximate surface area is 121 Å². The standard InChI is InChI=1S/C16H18F3NO/c17-16(18,19)13-2-1-3-14(9-13)20-15(21)8-12-7-10-4-5-11(12)6-10/h1-3,9-12H,4-8H2,(H,20,21)/t10-,11-,12-/m1/s1. The van der Waals surface area contributed by atoms with Crippen molar-refractivity contribution in [2.24, 2.45) is 17.8 Å². The van der Waals surface area contributed by atoms with Crippen LogP contribution in [0.4, 0.5) is 18.9 Å². The molecule has 0 aliphatic heterocycles. The Balaban J connectivity index is 1.60. The van der Waals surface area contributed by atoms with Crippen LogP contribution >= 0.6 is 0 Å². The number of halogens is 3. The fourth-order valence-corrected chi connectivity index (χ4v) is 3.85. The fraction of sp³-hybridized carbons (Fsp3) is 0.562. The van der Waals surface area contributed by atoms with E-state index >= 15 is 0 Å². The van der Waals surface area contributed by atoms with Crippen molar-refractivity contribution in [3.8, 4) is 0 Å². The van der Waals surface area contributed by atoms with Crippen LogP contribution in [0, 0.1) is 17.8 Å². The van der Waals surface area contributed by atoms with Crippen molar-refractivity contribution in [2.75, 3.05) is 5.32 Å². The normalized spacial score (nSPS) is 27.9. The maximum atomic E-state index is 12.6. The molecule has 0 aromatic heterocycles. The molecule has 114 valence electrons. The summed E-state index contributed by atoms with van der Waals surface area (Å²) in [6.45, 7) is 0. The highest BCUT2D eigenvalue weighted by Gasteiger charge is 2.40. The maximum Gasteiger partial charge on any atom is 0.416 e. The second-order valence-electron chi connectivity index (χ2n) is 6.27. The van der Waals surface area contributed by atoms with Crippen LogP contribution in [-0.4, -0.2) is 5.91 Å². The zero-order chi connectivity index (χ0) is 15.0. The topological polar surface area (TPSA) is 29.1 Å². The van der Waals surface area contributed by atoms with E-state index in [9.17, 15) is 18.0 Å². The van der Waals surface area contributed by atoms with Crippen molar-refractivity contribution < 1.29 is 18.0 Å². The second kappa shape index (κ2) is 5.35. The molecule has 1 N–H and O–H groups in total. The Morgan fingerprint density at radius 1 is 1.24 bits per heavy atom. The van der Waals surface area contributed by atoms with Gasteiger partial charge in [-0.3, -0.25) is 4.79 Å². The van der Waals surface area contributed by atoms with E-state index in [0.717, 1.165) is 24.5 Å². The zero-order valence-electron chi connectivity index (χ0n) is 11.6. The largest absolute Gasteiger partial charge is 0.416 e. The van der Waals surface area contributed by atoms with Gasteiger partial charge in [-0.2, -0.15) is 13.2 Å². The molecule has 0 radical (unpaired) electrons. The summed E-state index contributed by atoms with van der Waals surface area (Å²) in [4.78, 5) is 12.0. The predicted molar refractivity (Wildman–Crippen MR) is 73.6 cm³/mol. The summed E-state index contributed by atoms with van der Waals surface area (Å²) >= 11 is 0. The van der Waals surface area contributed by atoms with Crippen LogP contribution in [0.3, 0.4) is 0 Å². The monoisotopic (exact) mass is 297 g/mol. The molecule has 2 nitrogen and oxygen atoms in total. The Hall–Kier alpha value is -1.52. The number of alkyl halides is 3. The molecule has 0 spiro atoms. The van der Waals surface area contributed by atoms with Crippen LogP contribution in [-0.2, 0) is 11.0 Å². The van der Waals surface area contributed by atoms with Gasteiger partial charge in [-0.15, -0.1) is 0 Å². The van der Waals surface area contributed by atoms with Crippen molar-refractivity contribution in [1.82, 2.24) is 0 Å². The number of fused-ring (bicyclic) bond motifs is 2. The third kappa shape index (κ3) is 3.22. The van der Waals surface area contributed by atoms with E-state index in [1.165, 1.54) is 31.4 Å². The maximum absolute atomic E-state index is 12.6. The van der Waals surface area contributed by atoms with E-state index in [1.807, 2.05) is 0 Å². The summed E-state index contributed by atoms with van der Waals surface area (Å²) in [5.74, 6) is 1.64. The number of nitrogens with one attached hydrogen (secondary N) is 1. The van der Waals surface area contributed by atoms with E-state index in [2.05, 4.69) is 5.32 Å². The Bertz CT molecular complexity index is 541. The number of amides is 1. The minimum atomic E-state index is -4.38. The average molecular weight is 297 g/mol. The molecule has 21 heavy (non-hydrogen) atoms. The molecule has 1 amide bonds. The van der Waals surface area contributed by atoms with Crippen molar-refractivity contribution in [1.29, 1.82) is 0 Å². The van der Waals surface area contributed by atoms with E-state index < -0.39 is 11.7 Å². The van der Waals surface area contributed by atoms with Crippen LogP contribution in [0.15, 0.2) is 24.3 Å². The fourth-order valence-electron chi connectivity index (χ4n) is 3.85. The molecule has 0 saturated heterocycles. The minimum Gasteiger partial charge on any atom is -0.326 e. The first-order valence-corrected chi connectivity index (χ1v) is 7.39. The number of anilines is 1. The average Bonchev–Trinajstić information content (AvgIpc) is 3.00. The third-order valence-electron chi connectivity index (χ3n) is 4.81. The summed E-state index contributed by atoms with van der Waals surface area (Å²) in [5, 5.41) is 2.60. The Kier molecular flexibility index (Phi) is 3.68. The molecular weight excluding hydrogens is 279 g/mol. The van der Waals surface area contributed by atoms with Gasteiger partial charge in [-0.05, 0) is 55.2 Å². The molecule has 2 fully saturated rings. The van der Waals surface area contributed by atoms with Gasteiger partial charge in [-0.1, -0.05) is 12.5 Å².